The molecule has 0 bridgehead atoms. The molecule has 1 aromatic rings. The summed E-state index contributed by atoms with van der Waals surface area (Å²) in [4.78, 5) is 0. The van der Waals surface area contributed by atoms with Gasteiger partial charge in [-0.3, -0.25) is 0 Å². The minimum Gasteiger partial charge on any atom is -0.492 e. The van der Waals surface area contributed by atoms with E-state index in [1.165, 1.54) is 0 Å². The molecule has 1 unspecified atom stereocenters. The number of aliphatic hydroxyl groups excluding tert-OH is 1. The Morgan fingerprint density at radius 2 is 2.00 bits per heavy atom. The Bertz CT molecular complexity index is 289. The van der Waals surface area contributed by atoms with Crippen molar-refractivity contribution >= 4 is 0 Å². The SMILES string of the molecule is CCCNC(C)(CO)COc1ccccc1. The van der Waals surface area contributed by atoms with Crippen LogP contribution in [-0.2, 0) is 0 Å². The quantitative estimate of drug-likeness (QED) is 0.741. The molecule has 0 amide bonds. The number of rotatable bonds is 7. The van der Waals surface area contributed by atoms with E-state index in [0.29, 0.717) is 6.61 Å². The summed E-state index contributed by atoms with van der Waals surface area (Å²) >= 11 is 0. The lowest BCUT2D eigenvalue weighted by atomic mass is 10.1. The average Bonchev–Trinajstić information content (AvgIpc) is 2.35. The molecule has 16 heavy (non-hydrogen) atoms. The van der Waals surface area contributed by atoms with E-state index in [0.717, 1.165) is 18.7 Å². The van der Waals surface area contributed by atoms with Gasteiger partial charge in [-0.1, -0.05) is 25.1 Å². The number of nitrogens with one attached hydrogen (secondary N) is 1. The molecular formula is C13H21NO2. The zero-order chi connectivity index (χ0) is 11.9. The van der Waals surface area contributed by atoms with E-state index in [1.54, 1.807) is 0 Å². The molecule has 0 saturated carbocycles. The fourth-order valence-electron chi connectivity index (χ4n) is 1.34. The average molecular weight is 223 g/mol. The van der Waals surface area contributed by atoms with Crippen LogP contribution >= 0.6 is 0 Å². The van der Waals surface area contributed by atoms with Crippen molar-refractivity contribution < 1.29 is 9.84 Å². The van der Waals surface area contributed by atoms with Gasteiger partial charge in [0.25, 0.3) is 0 Å². The molecule has 0 fully saturated rings. The highest BCUT2D eigenvalue weighted by Crippen LogP contribution is 2.11. The summed E-state index contributed by atoms with van der Waals surface area (Å²) in [6, 6.07) is 9.65. The van der Waals surface area contributed by atoms with E-state index in [4.69, 9.17) is 4.74 Å². The highest BCUT2D eigenvalue weighted by Gasteiger charge is 2.23. The minimum atomic E-state index is -0.369. The summed E-state index contributed by atoms with van der Waals surface area (Å²) in [5, 5.41) is 12.6. The highest BCUT2D eigenvalue weighted by atomic mass is 16.5. The molecule has 1 aromatic carbocycles. The lowest BCUT2D eigenvalue weighted by Gasteiger charge is -2.28. The van der Waals surface area contributed by atoms with Crippen LogP contribution in [0.3, 0.4) is 0 Å². The van der Waals surface area contributed by atoms with Gasteiger partial charge < -0.3 is 15.2 Å². The van der Waals surface area contributed by atoms with Gasteiger partial charge in [0.1, 0.15) is 12.4 Å². The lowest BCUT2D eigenvalue weighted by Crippen LogP contribution is -2.50. The van der Waals surface area contributed by atoms with Crippen molar-refractivity contribution in [2.45, 2.75) is 25.8 Å². The van der Waals surface area contributed by atoms with E-state index in [1.807, 2.05) is 37.3 Å². The van der Waals surface area contributed by atoms with Crippen molar-refractivity contribution in [2.24, 2.45) is 0 Å². The van der Waals surface area contributed by atoms with Crippen LogP contribution in [0.25, 0.3) is 0 Å². The van der Waals surface area contributed by atoms with E-state index in [9.17, 15) is 5.11 Å². The van der Waals surface area contributed by atoms with E-state index in [-0.39, 0.29) is 12.1 Å². The molecule has 0 radical (unpaired) electrons. The molecular weight excluding hydrogens is 202 g/mol. The molecule has 0 aliphatic rings. The van der Waals surface area contributed by atoms with Gasteiger partial charge in [0, 0.05) is 0 Å². The fraction of sp³-hybridized carbons (Fsp3) is 0.538. The minimum absolute atomic E-state index is 0.0693. The molecule has 1 atom stereocenters. The number of hydrogen-bond acceptors (Lipinski definition) is 3. The second-order valence-electron chi connectivity index (χ2n) is 4.25. The molecule has 90 valence electrons. The summed E-state index contributed by atoms with van der Waals surface area (Å²) in [6.07, 6.45) is 1.04. The number of hydrogen-bond donors (Lipinski definition) is 2. The third kappa shape index (κ3) is 4.21. The normalized spacial score (nSPS) is 14.4. The number of para-hydroxylation sites is 1. The van der Waals surface area contributed by atoms with Gasteiger partial charge >= 0.3 is 0 Å². The van der Waals surface area contributed by atoms with Gasteiger partial charge in [-0.25, -0.2) is 0 Å². The second-order valence-corrected chi connectivity index (χ2v) is 4.25. The van der Waals surface area contributed by atoms with Gasteiger partial charge in [-0.2, -0.15) is 0 Å². The summed E-state index contributed by atoms with van der Waals surface area (Å²) in [7, 11) is 0. The van der Waals surface area contributed by atoms with Crippen LogP contribution in [0.15, 0.2) is 30.3 Å². The predicted molar refractivity (Wildman–Crippen MR) is 65.7 cm³/mol. The Kier molecular flexibility index (Phi) is 5.29. The molecule has 0 spiro atoms. The van der Waals surface area contributed by atoms with Crippen LogP contribution in [0.4, 0.5) is 0 Å². The van der Waals surface area contributed by atoms with Crippen molar-refractivity contribution in [2.75, 3.05) is 19.8 Å². The first-order chi connectivity index (χ1) is 7.70. The Morgan fingerprint density at radius 3 is 2.56 bits per heavy atom. The van der Waals surface area contributed by atoms with Crippen molar-refractivity contribution in [1.82, 2.24) is 5.32 Å². The van der Waals surface area contributed by atoms with Crippen LogP contribution < -0.4 is 10.1 Å². The number of benzene rings is 1. The number of ether oxygens (including phenoxy) is 1. The molecule has 1 rings (SSSR count). The van der Waals surface area contributed by atoms with Crippen LogP contribution in [-0.4, -0.2) is 30.4 Å². The molecule has 3 heteroatoms. The van der Waals surface area contributed by atoms with Gasteiger partial charge in [0.05, 0.1) is 12.1 Å². The molecule has 3 nitrogen and oxygen atoms in total. The van der Waals surface area contributed by atoms with Gasteiger partial charge in [0.15, 0.2) is 0 Å². The van der Waals surface area contributed by atoms with Crippen LogP contribution in [0, 0.1) is 0 Å². The molecule has 0 aliphatic heterocycles. The first-order valence-electron chi connectivity index (χ1n) is 5.74. The van der Waals surface area contributed by atoms with Gasteiger partial charge in [-0.15, -0.1) is 0 Å². The topological polar surface area (TPSA) is 41.5 Å². The summed E-state index contributed by atoms with van der Waals surface area (Å²) < 4.78 is 5.64. The zero-order valence-electron chi connectivity index (χ0n) is 10.1. The van der Waals surface area contributed by atoms with E-state index in [2.05, 4.69) is 12.2 Å². The molecule has 0 heterocycles. The van der Waals surface area contributed by atoms with Crippen LogP contribution in [0.2, 0.25) is 0 Å². The number of aliphatic hydroxyl groups is 1. The van der Waals surface area contributed by atoms with E-state index < -0.39 is 0 Å². The molecule has 0 aromatic heterocycles. The standard InChI is InChI=1S/C13H21NO2/c1-3-9-14-13(2,10-15)11-16-12-7-5-4-6-8-12/h4-8,14-15H,3,9-11H2,1-2H3. The lowest BCUT2D eigenvalue weighted by molar-refractivity contribution is 0.116. The monoisotopic (exact) mass is 223 g/mol. The maximum absolute atomic E-state index is 9.35. The predicted octanol–water partition coefficient (Wildman–Crippen LogP) is 1.82. The maximum atomic E-state index is 9.35. The molecule has 2 N–H and O–H groups in total. The Morgan fingerprint density at radius 1 is 1.31 bits per heavy atom. The van der Waals surface area contributed by atoms with Crippen molar-refractivity contribution in [1.29, 1.82) is 0 Å². The first-order valence-corrected chi connectivity index (χ1v) is 5.74. The Hall–Kier alpha value is -1.06. The third-order valence-corrected chi connectivity index (χ3v) is 2.45. The summed E-state index contributed by atoms with van der Waals surface area (Å²) in [5.74, 6) is 0.834. The van der Waals surface area contributed by atoms with Crippen molar-refractivity contribution in [3.8, 4) is 5.75 Å². The van der Waals surface area contributed by atoms with Crippen molar-refractivity contribution in [3.63, 3.8) is 0 Å². The Balaban J connectivity index is 2.44. The largest absolute Gasteiger partial charge is 0.492 e. The van der Waals surface area contributed by atoms with Crippen molar-refractivity contribution in [3.05, 3.63) is 30.3 Å². The van der Waals surface area contributed by atoms with Crippen LogP contribution in [0.1, 0.15) is 20.3 Å². The Labute approximate surface area is 97.4 Å². The molecule has 0 saturated heterocycles. The fourth-order valence-corrected chi connectivity index (χ4v) is 1.34. The summed E-state index contributed by atoms with van der Waals surface area (Å²) in [5.41, 5.74) is -0.369. The van der Waals surface area contributed by atoms with E-state index >= 15 is 0 Å². The maximum Gasteiger partial charge on any atom is 0.119 e. The third-order valence-electron chi connectivity index (χ3n) is 2.45. The van der Waals surface area contributed by atoms with Crippen LogP contribution in [0.5, 0.6) is 5.75 Å². The van der Waals surface area contributed by atoms with Gasteiger partial charge in [-0.05, 0) is 32.0 Å². The second kappa shape index (κ2) is 6.51. The first kappa shape index (κ1) is 13.0. The molecule has 0 aliphatic carbocycles. The summed E-state index contributed by atoms with van der Waals surface area (Å²) in [6.45, 7) is 5.48. The zero-order valence-corrected chi connectivity index (χ0v) is 10.1. The highest BCUT2D eigenvalue weighted by molar-refractivity contribution is 5.21. The smallest absolute Gasteiger partial charge is 0.119 e. The van der Waals surface area contributed by atoms with Gasteiger partial charge in [0.2, 0.25) is 0 Å².